The zero-order valence-corrected chi connectivity index (χ0v) is 18.1. The third-order valence-corrected chi connectivity index (χ3v) is 5.62. The van der Waals surface area contributed by atoms with Gasteiger partial charge in [0, 0.05) is 31.5 Å². The van der Waals surface area contributed by atoms with Crippen molar-refractivity contribution in [2.75, 3.05) is 23.3 Å². The molecule has 2 aromatic carbocycles. The molecule has 1 atom stereocenters. The van der Waals surface area contributed by atoms with E-state index in [1.807, 2.05) is 18.2 Å². The van der Waals surface area contributed by atoms with Crippen LogP contribution in [0.4, 0.5) is 17.5 Å². The average Bonchev–Trinajstić information content (AvgIpc) is 2.79. The van der Waals surface area contributed by atoms with Gasteiger partial charge in [0.1, 0.15) is 5.82 Å². The minimum Gasteiger partial charge on any atom is -0.356 e. The maximum atomic E-state index is 12.8. The summed E-state index contributed by atoms with van der Waals surface area (Å²) < 4.78 is 0. The number of hydrogen-bond acceptors (Lipinski definition) is 5. The minimum absolute atomic E-state index is 0.0395. The SMILES string of the molecule is Cc1ccc(CNC(=O)[C@H]2CCCN(c3ccnc(Nc4cccc(C)c4)n3)C2)cc1. The third kappa shape index (κ3) is 5.60. The van der Waals surface area contributed by atoms with Crippen LogP contribution in [0.1, 0.15) is 29.5 Å². The molecule has 0 unspecified atom stereocenters. The monoisotopic (exact) mass is 415 g/mol. The number of hydrogen-bond donors (Lipinski definition) is 2. The molecule has 1 aliphatic rings. The summed E-state index contributed by atoms with van der Waals surface area (Å²) in [6.45, 7) is 6.24. The fourth-order valence-corrected chi connectivity index (χ4v) is 3.88. The first kappa shape index (κ1) is 20.8. The zero-order valence-electron chi connectivity index (χ0n) is 18.1. The molecule has 2 N–H and O–H groups in total. The van der Waals surface area contributed by atoms with E-state index in [0.717, 1.165) is 36.5 Å². The summed E-state index contributed by atoms with van der Waals surface area (Å²) in [6, 6.07) is 18.3. The molecule has 6 heteroatoms. The number of piperidine rings is 1. The number of nitrogens with zero attached hydrogens (tertiary/aromatic N) is 3. The molecule has 6 nitrogen and oxygen atoms in total. The van der Waals surface area contributed by atoms with Crippen molar-refractivity contribution >= 4 is 23.4 Å². The van der Waals surface area contributed by atoms with Crippen molar-refractivity contribution < 1.29 is 4.79 Å². The van der Waals surface area contributed by atoms with E-state index in [4.69, 9.17) is 0 Å². The lowest BCUT2D eigenvalue weighted by Gasteiger charge is -2.33. The van der Waals surface area contributed by atoms with Crippen molar-refractivity contribution in [3.05, 3.63) is 77.5 Å². The quantitative estimate of drug-likeness (QED) is 0.626. The number of benzene rings is 2. The summed E-state index contributed by atoms with van der Waals surface area (Å²) in [4.78, 5) is 24.0. The van der Waals surface area contributed by atoms with Crippen LogP contribution in [0.25, 0.3) is 0 Å². The molecule has 1 fully saturated rings. The van der Waals surface area contributed by atoms with Crippen LogP contribution in [0.2, 0.25) is 0 Å². The summed E-state index contributed by atoms with van der Waals surface area (Å²) in [5.41, 5.74) is 4.48. The lowest BCUT2D eigenvalue weighted by Crippen LogP contribution is -2.43. The Labute approximate surface area is 183 Å². The van der Waals surface area contributed by atoms with Gasteiger partial charge in [0.15, 0.2) is 0 Å². The fraction of sp³-hybridized carbons (Fsp3) is 0.320. The molecule has 1 amide bonds. The zero-order chi connectivity index (χ0) is 21.6. The van der Waals surface area contributed by atoms with E-state index in [9.17, 15) is 4.79 Å². The van der Waals surface area contributed by atoms with Gasteiger partial charge < -0.3 is 15.5 Å². The maximum absolute atomic E-state index is 12.8. The Morgan fingerprint density at radius 3 is 2.74 bits per heavy atom. The predicted octanol–water partition coefficient (Wildman–Crippen LogP) is 4.37. The van der Waals surface area contributed by atoms with Crippen LogP contribution in [-0.2, 0) is 11.3 Å². The lowest BCUT2D eigenvalue weighted by molar-refractivity contribution is -0.125. The van der Waals surface area contributed by atoms with Crippen molar-refractivity contribution in [1.82, 2.24) is 15.3 Å². The van der Waals surface area contributed by atoms with E-state index in [0.29, 0.717) is 19.0 Å². The summed E-state index contributed by atoms with van der Waals surface area (Å²) >= 11 is 0. The topological polar surface area (TPSA) is 70.2 Å². The first-order valence-electron chi connectivity index (χ1n) is 10.8. The second-order valence-electron chi connectivity index (χ2n) is 8.22. The first-order chi connectivity index (χ1) is 15.1. The highest BCUT2D eigenvalue weighted by Gasteiger charge is 2.26. The maximum Gasteiger partial charge on any atom is 0.229 e. The van der Waals surface area contributed by atoms with Crippen LogP contribution < -0.4 is 15.5 Å². The van der Waals surface area contributed by atoms with Crippen molar-refractivity contribution in [2.45, 2.75) is 33.2 Å². The van der Waals surface area contributed by atoms with Crippen LogP contribution in [0, 0.1) is 19.8 Å². The molecule has 1 saturated heterocycles. The minimum atomic E-state index is -0.0395. The Bertz CT molecular complexity index is 1030. The van der Waals surface area contributed by atoms with Gasteiger partial charge in [0.25, 0.3) is 0 Å². The van der Waals surface area contributed by atoms with Crippen LogP contribution in [0.15, 0.2) is 60.8 Å². The van der Waals surface area contributed by atoms with E-state index in [-0.39, 0.29) is 11.8 Å². The molecule has 3 aromatic rings. The van der Waals surface area contributed by atoms with Gasteiger partial charge in [-0.25, -0.2) is 4.98 Å². The Hall–Kier alpha value is -3.41. The predicted molar refractivity (Wildman–Crippen MR) is 124 cm³/mol. The second-order valence-corrected chi connectivity index (χ2v) is 8.22. The highest BCUT2D eigenvalue weighted by Crippen LogP contribution is 2.23. The van der Waals surface area contributed by atoms with E-state index in [1.165, 1.54) is 11.1 Å². The van der Waals surface area contributed by atoms with E-state index >= 15 is 0 Å². The van der Waals surface area contributed by atoms with Crippen molar-refractivity contribution in [3.8, 4) is 0 Å². The third-order valence-electron chi connectivity index (χ3n) is 5.62. The summed E-state index contributed by atoms with van der Waals surface area (Å²) in [6.07, 6.45) is 3.63. The Morgan fingerprint density at radius 2 is 1.94 bits per heavy atom. The molecular weight excluding hydrogens is 386 g/mol. The first-order valence-corrected chi connectivity index (χ1v) is 10.8. The molecule has 4 rings (SSSR count). The smallest absolute Gasteiger partial charge is 0.229 e. The number of rotatable bonds is 6. The van der Waals surface area contributed by atoms with Gasteiger partial charge in [-0.3, -0.25) is 4.79 Å². The highest BCUT2D eigenvalue weighted by atomic mass is 16.1. The Balaban J connectivity index is 1.37. The number of nitrogens with one attached hydrogen (secondary N) is 2. The summed E-state index contributed by atoms with van der Waals surface area (Å²) in [7, 11) is 0. The van der Waals surface area contributed by atoms with Gasteiger partial charge in [0.05, 0.1) is 5.92 Å². The van der Waals surface area contributed by atoms with Crippen LogP contribution in [0.3, 0.4) is 0 Å². The average molecular weight is 416 g/mol. The van der Waals surface area contributed by atoms with Gasteiger partial charge in [-0.2, -0.15) is 4.98 Å². The number of amides is 1. The number of carbonyl (C=O) groups excluding carboxylic acids is 1. The molecule has 1 aromatic heterocycles. The molecule has 2 heterocycles. The van der Waals surface area contributed by atoms with Gasteiger partial charge >= 0.3 is 0 Å². The second kappa shape index (κ2) is 9.60. The standard InChI is InChI=1S/C25H29N5O/c1-18-8-10-20(11-9-18)16-27-24(31)21-6-4-14-30(17-21)23-12-13-26-25(29-23)28-22-7-3-5-19(2)15-22/h3,5,7-13,15,21H,4,6,14,16-17H2,1-2H3,(H,27,31)(H,26,28,29)/t21-/m0/s1. The van der Waals surface area contributed by atoms with Crippen LogP contribution in [0.5, 0.6) is 0 Å². The molecule has 31 heavy (non-hydrogen) atoms. The van der Waals surface area contributed by atoms with Crippen LogP contribution >= 0.6 is 0 Å². The van der Waals surface area contributed by atoms with Crippen molar-refractivity contribution in [2.24, 2.45) is 5.92 Å². The lowest BCUT2D eigenvalue weighted by atomic mass is 9.97. The van der Waals surface area contributed by atoms with Gasteiger partial charge in [-0.15, -0.1) is 0 Å². The molecule has 1 aliphatic heterocycles. The molecular formula is C25H29N5O. The summed E-state index contributed by atoms with van der Waals surface area (Å²) in [5, 5.41) is 6.37. The Kier molecular flexibility index (Phi) is 6.46. The molecule has 0 saturated carbocycles. The number of aryl methyl sites for hydroxylation is 2. The van der Waals surface area contributed by atoms with Crippen molar-refractivity contribution in [3.63, 3.8) is 0 Å². The van der Waals surface area contributed by atoms with Crippen LogP contribution in [-0.4, -0.2) is 29.0 Å². The molecule has 0 spiro atoms. The van der Waals surface area contributed by atoms with Crippen molar-refractivity contribution in [1.29, 1.82) is 0 Å². The molecule has 160 valence electrons. The Morgan fingerprint density at radius 1 is 1.10 bits per heavy atom. The highest BCUT2D eigenvalue weighted by molar-refractivity contribution is 5.79. The summed E-state index contributed by atoms with van der Waals surface area (Å²) in [5.74, 6) is 1.48. The number of anilines is 3. The number of aromatic nitrogens is 2. The van der Waals surface area contributed by atoms with E-state index in [1.54, 1.807) is 6.20 Å². The fourth-order valence-electron chi connectivity index (χ4n) is 3.88. The van der Waals surface area contributed by atoms with Gasteiger partial charge in [-0.1, -0.05) is 42.0 Å². The normalized spacial score (nSPS) is 16.1. The van der Waals surface area contributed by atoms with Gasteiger partial charge in [0.2, 0.25) is 11.9 Å². The van der Waals surface area contributed by atoms with E-state index < -0.39 is 0 Å². The molecule has 0 aliphatic carbocycles. The number of carbonyl (C=O) groups is 1. The van der Waals surface area contributed by atoms with Gasteiger partial charge in [-0.05, 0) is 56.0 Å². The molecule has 0 bridgehead atoms. The van der Waals surface area contributed by atoms with E-state index in [2.05, 4.69) is 75.7 Å². The molecule has 0 radical (unpaired) electrons. The largest absolute Gasteiger partial charge is 0.356 e.